The van der Waals surface area contributed by atoms with Crippen LogP contribution in [0.3, 0.4) is 0 Å². The van der Waals surface area contributed by atoms with E-state index < -0.39 is 0 Å². The average Bonchev–Trinajstić information content (AvgIpc) is 2.88. The Morgan fingerprint density at radius 1 is 1.19 bits per heavy atom. The van der Waals surface area contributed by atoms with E-state index in [1.165, 1.54) is 11.8 Å². The molecule has 0 aliphatic carbocycles. The SMILES string of the molecule is Cc1cc(C)nc(SCC(=O)c2c[nH]c3ccccc23)n1. The van der Waals surface area contributed by atoms with E-state index in [0.29, 0.717) is 10.9 Å². The van der Waals surface area contributed by atoms with E-state index in [0.717, 1.165) is 27.9 Å². The van der Waals surface area contributed by atoms with Gasteiger partial charge in [-0.3, -0.25) is 4.79 Å². The number of rotatable bonds is 4. The van der Waals surface area contributed by atoms with E-state index in [2.05, 4.69) is 15.0 Å². The Balaban J connectivity index is 1.77. The van der Waals surface area contributed by atoms with Gasteiger partial charge in [-0.15, -0.1) is 0 Å². The van der Waals surface area contributed by atoms with Crippen molar-refractivity contribution < 1.29 is 4.79 Å². The van der Waals surface area contributed by atoms with Crippen LogP contribution in [0.5, 0.6) is 0 Å². The number of carbonyl (C=O) groups is 1. The number of para-hydroxylation sites is 1. The van der Waals surface area contributed by atoms with E-state index in [1.54, 1.807) is 6.20 Å². The number of H-pyrrole nitrogens is 1. The van der Waals surface area contributed by atoms with Crippen molar-refractivity contribution in [2.24, 2.45) is 0 Å². The minimum absolute atomic E-state index is 0.0835. The minimum atomic E-state index is 0.0835. The van der Waals surface area contributed by atoms with Crippen LogP contribution in [0.1, 0.15) is 21.7 Å². The van der Waals surface area contributed by atoms with E-state index in [-0.39, 0.29) is 5.78 Å². The molecule has 1 aromatic carbocycles. The van der Waals surface area contributed by atoms with Gasteiger partial charge in [0.25, 0.3) is 0 Å². The Morgan fingerprint density at radius 3 is 2.67 bits per heavy atom. The molecular weight excluding hydrogens is 282 g/mol. The molecule has 4 nitrogen and oxygen atoms in total. The number of benzene rings is 1. The number of ketones is 1. The van der Waals surface area contributed by atoms with Crippen LogP contribution in [0.15, 0.2) is 41.7 Å². The third kappa shape index (κ3) is 2.97. The first-order valence-electron chi connectivity index (χ1n) is 6.68. The summed E-state index contributed by atoms with van der Waals surface area (Å²) in [6.07, 6.45) is 1.77. The Bertz CT molecular complexity index is 790. The lowest BCUT2D eigenvalue weighted by atomic mass is 10.1. The summed E-state index contributed by atoms with van der Waals surface area (Å²) in [5, 5.41) is 1.62. The fraction of sp³-hybridized carbons (Fsp3) is 0.188. The molecule has 0 atom stereocenters. The first-order chi connectivity index (χ1) is 10.1. The summed E-state index contributed by atoms with van der Waals surface area (Å²) < 4.78 is 0. The number of fused-ring (bicyclic) bond motifs is 1. The summed E-state index contributed by atoms with van der Waals surface area (Å²) in [4.78, 5) is 24.2. The zero-order chi connectivity index (χ0) is 14.8. The number of aromatic amines is 1. The minimum Gasteiger partial charge on any atom is -0.360 e. The first-order valence-corrected chi connectivity index (χ1v) is 7.66. The standard InChI is InChI=1S/C16H15N3OS/c1-10-7-11(2)19-16(18-10)21-9-15(20)13-8-17-14-6-4-3-5-12(13)14/h3-8,17H,9H2,1-2H3. The Kier molecular flexibility index (Phi) is 3.75. The van der Waals surface area contributed by atoms with Crippen molar-refractivity contribution >= 4 is 28.4 Å². The highest BCUT2D eigenvalue weighted by Crippen LogP contribution is 2.21. The monoisotopic (exact) mass is 297 g/mol. The molecule has 21 heavy (non-hydrogen) atoms. The Hall–Kier alpha value is -2.14. The van der Waals surface area contributed by atoms with Gasteiger partial charge in [-0.2, -0.15) is 0 Å². The van der Waals surface area contributed by atoms with Gasteiger partial charge in [0.05, 0.1) is 5.75 Å². The number of nitrogens with one attached hydrogen (secondary N) is 1. The van der Waals surface area contributed by atoms with Gasteiger partial charge in [-0.05, 0) is 26.0 Å². The molecule has 2 heterocycles. The quantitative estimate of drug-likeness (QED) is 0.454. The van der Waals surface area contributed by atoms with Gasteiger partial charge in [-0.1, -0.05) is 30.0 Å². The number of aryl methyl sites for hydroxylation is 2. The second-order valence-electron chi connectivity index (χ2n) is 4.89. The van der Waals surface area contributed by atoms with Crippen LogP contribution in [0.2, 0.25) is 0 Å². The lowest BCUT2D eigenvalue weighted by Crippen LogP contribution is -2.03. The molecule has 0 saturated heterocycles. The van der Waals surface area contributed by atoms with E-state index in [9.17, 15) is 4.79 Å². The third-order valence-corrected chi connectivity index (χ3v) is 4.03. The van der Waals surface area contributed by atoms with Crippen molar-refractivity contribution in [3.05, 3.63) is 53.5 Å². The van der Waals surface area contributed by atoms with Gasteiger partial charge in [0.1, 0.15) is 0 Å². The lowest BCUT2D eigenvalue weighted by Gasteiger charge is -2.02. The summed E-state index contributed by atoms with van der Waals surface area (Å²) in [6.45, 7) is 3.86. The van der Waals surface area contributed by atoms with Crippen LogP contribution in [-0.2, 0) is 0 Å². The summed E-state index contributed by atoms with van der Waals surface area (Å²) in [7, 11) is 0. The van der Waals surface area contributed by atoms with E-state index >= 15 is 0 Å². The smallest absolute Gasteiger partial charge is 0.188 e. The maximum Gasteiger partial charge on any atom is 0.188 e. The molecule has 106 valence electrons. The average molecular weight is 297 g/mol. The number of nitrogens with zero attached hydrogens (tertiary/aromatic N) is 2. The van der Waals surface area contributed by atoms with Crippen LogP contribution in [0.25, 0.3) is 10.9 Å². The van der Waals surface area contributed by atoms with Gasteiger partial charge in [0, 0.05) is 34.1 Å². The summed E-state index contributed by atoms with van der Waals surface area (Å²) in [6, 6.07) is 9.73. The molecule has 3 aromatic rings. The molecule has 0 saturated carbocycles. The number of aromatic nitrogens is 3. The van der Waals surface area contributed by atoms with Crippen LogP contribution in [-0.4, -0.2) is 26.5 Å². The molecule has 2 aromatic heterocycles. The Morgan fingerprint density at radius 2 is 1.90 bits per heavy atom. The maximum atomic E-state index is 12.4. The van der Waals surface area contributed by atoms with Crippen LogP contribution < -0.4 is 0 Å². The molecule has 0 fully saturated rings. The molecule has 0 spiro atoms. The number of carbonyl (C=O) groups excluding carboxylic acids is 1. The van der Waals surface area contributed by atoms with Gasteiger partial charge in [0.15, 0.2) is 10.9 Å². The number of hydrogen-bond donors (Lipinski definition) is 1. The van der Waals surface area contributed by atoms with E-state index in [4.69, 9.17) is 0 Å². The zero-order valence-corrected chi connectivity index (χ0v) is 12.7. The van der Waals surface area contributed by atoms with Gasteiger partial charge >= 0.3 is 0 Å². The molecular formula is C16H15N3OS. The molecule has 0 radical (unpaired) electrons. The van der Waals surface area contributed by atoms with Crippen molar-refractivity contribution in [2.45, 2.75) is 19.0 Å². The van der Waals surface area contributed by atoms with Crippen molar-refractivity contribution in [2.75, 3.05) is 5.75 Å². The second kappa shape index (κ2) is 5.69. The molecule has 0 aliphatic heterocycles. The predicted octanol–water partition coefficient (Wildman–Crippen LogP) is 3.55. The summed E-state index contributed by atoms with van der Waals surface area (Å²) >= 11 is 1.38. The van der Waals surface area contributed by atoms with Crippen LogP contribution >= 0.6 is 11.8 Å². The molecule has 3 rings (SSSR count). The third-order valence-electron chi connectivity index (χ3n) is 3.18. The highest BCUT2D eigenvalue weighted by Gasteiger charge is 2.13. The molecule has 5 heteroatoms. The van der Waals surface area contributed by atoms with Crippen molar-refractivity contribution in [1.29, 1.82) is 0 Å². The highest BCUT2D eigenvalue weighted by atomic mass is 32.2. The fourth-order valence-electron chi connectivity index (χ4n) is 2.27. The van der Waals surface area contributed by atoms with Crippen molar-refractivity contribution in [3.8, 4) is 0 Å². The molecule has 1 N–H and O–H groups in total. The zero-order valence-electron chi connectivity index (χ0n) is 11.9. The fourth-order valence-corrected chi connectivity index (χ4v) is 3.10. The predicted molar refractivity (Wildman–Crippen MR) is 84.9 cm³/mol. The highest BCUT2D eigenvalue weighted by molar-refractivity contribution is 7.99. The van der Waals surface area contributed by atoms with Crippen LogP contribution in [0.4, 0.5) is 0 Å². The Labute approximate surface area is 127 Å². The molecule has 0 aliphatic rings. The number of hydrogen-bond acceptors (Lipinski definition) is 4. The number of thioether (sulfide) groups is 1. The molecule has 0 amide bonds. The van der Waals surface area contributed by atoms with Crippen molar-refractivity contribution in [3.63, 3.8) is 0 Å². The van der Waals surface area contributed by atoms with E-state index in [1.807, 2.05) is 44.2 Å². The summed E-state index contributed by atoms with van der Waals surface area (Å²) in [5.74, 6) is 0.422. The summed E-state index contributed by atoms with van der Waals surface area (Å²) in [5.41, 5.74) is 3.55. The second-order valence-corrected chi connectivity index (χ2v) is 5.84. The number of Topliss-reactive ketones (excluding diaryl/α,β-unsaturated/α-hetero) is 1. The topological polar surface area (TPSA) is 58.6 Å². The normalized spacial score (nSPS) is 11.0. The van der Waals surface area contributed by atoms with Gasteiger partial charge in [0.2, 0.25) is 0 Å². The first kappa shape index (κ1) is 13.8. The molecule has 0 unspecified atom stereocenters. The maximum absolute atomic E-state index is 12.4. The molecule has 0 bridgehead atoms. The van der Waals surface area contributed by atoms with Gasteiger partial charge in [-0.25, -0.2) is 9.97 Å². The lowest BCUT2D eigenvalue weighted by molar-refractivity contribution is 0.102. The van der Waals surface area contributed by atoms with Crippen molar-refractivity contribution in [1.82, 2.24) is 15.0 Å². The van der Waals surface area contributed by atoms with Crippen LogP contribution in [0, 0.1) is 13.8 Å². The largest absolute Gasteiger partial charge is 0.360 e. The van der Waals surface area contributed by atoms with Gasteiger partial charge < -0.3 is 4.98 Å².